The van der Waals surface area contributed by atoms with Crippen LogP contribution in [0.1, 0.15) is 19.4 Å². The van der Waals surface area contributed by atoms with E-state index in [0.29, 0.717) is 6.54 Å². The van der Waals surface area contributed by atoms with Gasteiger partial charge in [0, 0.05) is 19.0 Å². The molecular formula is C16H22N2O3. The fraction of sp³-hybridized carbons (Fsp3) is 0.375. The van der Waals surface area contributed by atoms with Crippen molar-refractivity contribution in [2.75, 3.05) is 6.54 Å². The van der Waals surface area contributed by atoms with Gasteiger partial charge in [0.05, 0.1) is 0 Å². The van der Waals surface area contributed by atoms with E-state index in [1.807, 2.05) is 44.2 Å². The second kappa shape index (κ2) is 8.09. The summed E-state index contributed by atoms with van der Waals surface area (Å²) in [4.78, 5) is 25.1. The third-order valence-corrected chi connectivity index (χ3v) is 3.09. The van der Waals surface area contributed by atoms with Gasteiger partial charge in [-0.15, -0.1) is 6.58 Å². The van der Waals surface area contributed by atoms with Crippen LogP contribution in [0.4, 0.5) is 4.79 Å². The average Bonchev–Trinajstić information content (AvgIpc) is 2.44. The number of benzene rings is 1. The standard InChI is InChI=1S/C16H22N2O3/c1-4-10-18(12(2)3)16(21)17-14(15(19)20)11-13-8-6-5-7-9-13/h4-9,12,14H,1,10-11H2,2-3H3,(H,17,21)(H,19,20)/t14-/m0/s1. The quantitative estimate of drug-likeness (QED) is 0.757. The minimum Gasteiger partial charge on any atom is -0.480 e. The van der Waals surface area contributed by atoms with E-state index in [-0.39, 0.29) is 12.5 Å². The number of carbonyl (C=O) groups is 2. The van der Waals surface area contributed by atoms with Crippen molar-refractivity contribution < 1.29 is 14.7 Å². The zero-order valence-electron chi connectivity index (χ0n) is 12.5. The molecule has 1 aromatic rings. The Morgan fingerprint density at radius 2 is 1.95 bits per heavy atom. The summed E-state index contributed by atoms with van der Waals surface area (Å²) in [7, 11) is 0. The molecule has 2 amide bonds. The van der Waals surface area contributed by atoms with Crippen LogP contribution < -0.4 is 5.32 Å². The van der Waals surface area contributed by atoms with E-state index in [4.69, 9.17) is 0 Å². The van der Waals surface area contributed by atoms with E-state index in [0.717, 1.165) is 5.56 Å². The van der Waals surface area contributed by atoms with Crippen molar-refractivity contribution in [1.29, 1.82) is 0 Å². The SMILES string of the molecule is C=CCN(C(=O)N[C@@H](Cc1ccccc1)C(=O)O)C(C)C. The summed E-state index contributed by atoms with van der Waals surface area (Å²) in [5, 5.41) is 11.9. The molecule has 5 nitrogen and oxygen atoms in total. The number of carboxylic acids is 1. The molecule has 5 heteroatoms. The molecule has 0 aliphatic heterocycles. The zero-order valence-corrected chi connectivity index (χ0v) is 12.5. The first kappa shape index (κ1) is 16.8. The fourth-order valence-corrected chi connectivity index (χ4v) is 1.95. The van der Waals surface area contributed by atoms with Gasteiger partial charge in [0.15, 0.2) is 0 Å². The summed E-state index contributed by atoms with van der Waals surface area (Å²) in [6.07, 6.45) is 1.87. The van der Waals surface area contributed by atoms with Gasteiger partial charge in [-0.05, 0) is 19.4 Å². The molecule has 0 unspecified atom stereocenters. The minimum atomic E-state index is -1.05. The Bertz CT molecular complexity index is 486. The first-order valence-corrected chi connectivity index (χ1v) is 6.90. The number of carbonyl (C=O) groups excluding carboxylic acids is 1. The van der Waals surface area contributed by atoms with Crippen LogP contribution in [-0.2, 0) is 11.2 Å². The number of amides is 2. The molecule has 114 valence electrons. The summed E-state index contributed by atoms with van der Waals surface area (Å²) in [5.41, 5.74) is 0.866. The highest BCUT2D eigenvalue weighted by molar-refractivity contribution is 5.83. The highest BCUT2D eigenvalue weighted by Crippen LogP contribution is 2.05. The molecule has 1 atom stereocenters. The molecule has 0 heterocycles. The number of rotatable bonds is 7. The van der Waals surface area contributed by atoms with E-state index in [9.17, 15) is 14.7 Å². The highest BCUT2D eigenvalue weighted by Gasteiger charge is 2.24. The van der Waals surface area contributed by atoms with E-state index in [1.165, 1.54) is 4.90 Å². The number of hydrogen-bond acceptors (Lipinski definition) is 2. The Morgan fingerprint density at radius 1 is 1.33 bits per heavy atom. The molecule has 0 aliphatic carbocycles. The molecule has 2 N–H and O–H groups in total. The van der Waals surface area contributed by atoms with E-state index >= 15 is 0 Å². The van der Waals surface area contributed by atoms with Gasteiger partial charge in [-0.2, -0.15) is 0 Å². The molecule has 1 aromatic carbocycles. The van der Waals surface area contributed by atoms with Gasteiger partial charge in [-0.1, -0.05) is 36.4 Å². The number of nitrogens with one attached hydrogen (secondary N) is 1. The molecular weight excluding hydrogens is 268 g/mol. The van der Waals surface area contributed by atoms with Crippen LogP contribution in [-0.4, -0.2) is 40.6 Å². The summed E-state index contributed by atoms with van der Waals surface area (Å²) in [6, 6.07) is 7.84. The predicted octanol–water partition coefficient (Wildman–Crippen LogP) is 2.29. The topological polar surface area (TPSA) is 69.6 Å². The Morgan fingerprint density at radius 3 is 2.43 bits per heavy atom. The lowest BCUT2D eigenvalue weighted by atomic mass is 10.1. The third kappa shape index (κ3) is 5.30. The van der Waals surface area contributed by atoms with Crippen LogP contribution in [0.5, 0.6) is 0 Å². The van der Waals surface area contributed by atoms with E-state index < -0.39 is 18.0 Å². The number of carboxylic acid groups (broad SMARTS) is 1. The Labute approximate surface area is 125 Å². The Kier molecular flexibility index (Phi) is 6.46. The van der Waals surface area contributed by atoms with Crippen molar-refractivity contribution in [2.24, 2.45) is 0 Å². The van der Waals surface area contributed by atoms with Gasteiger partial charge in [-0.25, -0.2) is 9.59 Å². The second-order valence-corrected chi connectivity index (χ2v) is 5.06. The average molecular weight is 290 g/mol. The van der Waals surface area contributed by atoms with Gasteiger partial charge >= 0.3 is 12.0 Å². The van der Waals surface area contributed by atoms with Crippen LogP contribution >= 0.6 is 0 Å². The van der Waals surface area contributed by atoms with Gasteiger partial charge in [0.25, 0.3) is 0 Å². The summed E-state index contributed by atoms with van der Waals surface area (Å²) in [6.45, 7) is 7.73. The zero-order chi connectivity index (χ0) is 15.8. The first-order valence-electron chi connectivity index (χ1n) is 6.90. The number of nitrogens with zero attached hydrogens (tertiary/aromatic N) is 1. The highest BCUT2D eigenvalue weighted by atomic mass is 16.4. The van der Waals surface area contributed by atoms with Gasteiger partial charge in [0.2, 0.25) is 0 Å². The van der Waals surface area contributed by atoms with Gasteiger partial charge in [0.1, 0.15) is 6.04 Å². The Balaban J connectivity index is 2.76. The second-order valence-electron chi connectivity index (χ2n) is 5.06. The summed E-state index contributed by atoms with van der Waals surface area (Å²) < 4.78 is 0. The Hall–Kier alpha value is -2.30. The summed E-state index contributed by atoms with van der Waals surface area (Å²) in [5.74, 6) is -1.05. The molecule has 1 rings (SSSR count). The van der Waals surface area contributed by atoms with Crippen LogP contribution in [0, 0.1) is 0 Å². The minimum absolute atomic E-state index is 0.0332. The molecule has 0 aliphatic rings. The largest absolute Gasteiger partial charge is 0.480 e. The normalized spacial score (nSPS) is 11.8. The lowest BCUT2D eigenvalue weighted by Crippen LogP contribution is -2.50. The smallest absolute Gasteiger partial charge is 0.326 e. The molecule has 0 radical (unpaired) electrons. The lowest BCUT2D eigenvalue weighted by molar-refractivity contribution is -0.139. The molecule has 0 bridgehead atoms. The predicted molar refractivity (Wildman–Crippen MR) is 82.1 cm³/mol. The number of hydrogen-bond donors (Lipinski definition) is 2. The third-order valence-electron chi connectivity index (χ3n) is 3.09. The number of aliphatic carboxylic acids is 1. The van der Waals surface area contributed by atoms with Crippen molar-refractivity contribution in [1.82, 2.24) is 10.2 Å². The monoisotopic (exact) mass is 290 g/mol. The van der Waals surface area contributed by atoms with E-state index in [1.54, 1.807) is 6.08 Å². The maximum atomic E-state index is 12.2. The van der Waals surface area contributed by atoms with Crippen LogP contribution in [0.15, 0.2) is 43.0 Å². The van der Waals surface area contributed by atoms with Crippen molar-refractivity contribution in [3.05, 3.63) is 48.6 Å². The van der Waals surface area contributed by atoms with E-state index in [2.05, 4.69) is 11.9 Å². The van der Waals surface area contributed by atoms with Crippen molar-refractivity contribution in [3.63, 3.8) is 0 Å². The van der Waals surface area contributed by atoms with Crippen LogP contribution in [0.3, 0.4) is 0 Å². The number of urea groups is 1. The maximum absolute atomic E-state index is 12.2. The summed E-state index contributed by atoms with van der Waals surface area (Å²) >= 11 is 0. The van der Waals surface area contributed by atoms with Gasteiger partial charge in [-0.3, -0.25) is 0 Å². The van der Waals surface area contributed by atoms with Crippen molar-refractivity contribution in [3.8, 4) is 0 Å². The lowest BCUT2D eigenvalue weighted by Gasteiger charge is -2.27. The van der Waals surface area contributed by atoms with Gasteiger partial charge < -0.3 is 15.3 Å². The van der Waals surface area contributed by atoms with Crippen molar-refractivity contribution in [2.45, 2.75) is 32.4 Å². The molecule has 0 fully saturated rings. The molecule has 0 spiro atoms. The molecule has 0 aromatic heterocycles. The molecule has 21 heavy (non-hydrogen) atoms. The fourth-order valence-electron chi connectivity index (χ4n) is 1.95. The maximum Gasteiger partial charge on any atom is 0.326 e. The molecule has 0 saturated carbocycles. The van der Waals surface area contributed by atoms with Crippen LogP contribution in [0.2, 0.25) is 0 Å². The van der Waals surface area contributed by atoms with Crippen LogP contribution in [0.25, 0.3) is 0 Å². The van der Waals surface area contributed by atoms with Crippen molar-refractivity contribution >= 4 is 12.0 Å². The first-order chi connectivity index (χ1) is 9.95. The molecule has 0 saturated heterocycles.